The highest BCUT2D eigenvalue weighted by molar-refractivity contribution is 7.98. The molecule has 0 amide bonds. The number of aromatic nitrogens is 3. The van der Waals surface area contributed by atoms with Gasteiger partial charge in [-0.15, -0.1) is 5.10 Å². The SMILES string of the molecule is CSc1nc2n(n1)[C@H](c1cccc(Oc3ccccc3)c1)C1=C(C[C@H](C)CC1=O)N2. The average molecular weight is 419 g/mol. The van der Waals surface area contributed by atoms with Crippen LogP contribution < -0.4 is 10.1 Å². The number of Topliss-reactive ketones (excluding diaryl/α,β-unsaturated/α-hetero) is 1. The third-order valence-corrected chi connectivity index (χ3v) is 5.98. The van der Waals surface area contributed by atoms with Gasteiger partial charge in [-0.25, -0.2) is 4.68 Å². The predicted molar refractivity (Wildman–Crippen MR) is 117 cm³/mol. The zero-order chi connectivity index (χ0) is 20.7. The molecule has 1 N–H and O–H groups in total. The molecule has 5 rings (SSSR count). The first-order chi connectivity index (χ1) is 14.6. The van der Waals surface area contributed by atoms with Gasteiger partial charge in [0.25, 0.3) is 0 Å². The zero-order valence-electron chi connectivity index (χ0n) is 16.8. The summed E-state index contributed by atoms with van der Waals surface area (Å²) in [7, 11) is 0. The van der Waals surface area contributed by atoms with Gasteiger partial charge in [0.1, 0.15) is 17.5 Å². The maximum absolute atomic E-state index is 13.1. The number of ketones is 1. The van der Waals surface area contributed by atoms with Crippen LogP contribution in [0.25, 0.3) is 0 Å². The number of hydrogen-bond donors (Lipinski definition) is 1. The van der Waals surface area contributed by atoms with E-state index in [9.17, 15) is 4.79 Å². The van der Waals surface area contributed by atoms with Gasteiger partial charge in [-0.3, -0.25) is 4.79 Å². The maximum atomic E-state index is 13.1. The Kier molecular flexibility index (Phi) is 4.83. The summed E-state index contributed by atoms with van der Waals surface area (Å²) in [6.07, 6.45) is 3.33. The number of anilines is 1. The number of carbonyl (C=O) groups excluding carboxylic acids is 1. The van der Waals surface area contributed by atoms with E-state index in [1.165, 1.54) is 11.8 Å². The molecular weight excluding hydrogens is 396 g/mol. The summed E-state index contributed by atoms with van der Waals surface area (Å²) >= 11 is 1.49. The first-order valence-corrected chi connectivity index (χ1v) is 11.2. The van der Waals surface area contributed by atoms with Crippen molar-refractivity contribution in [1.29, 1.82) is 0 Å². The molecule has 30 heavy (non-hydrogen) atoms. The van der Waals surface area contributed by atoms with Crippen LogP contribution in [0.4, 0.5) is 5.95 Å². The van der Waals surface area contributed by atoms with E-state index in [0.29, 0.717) is 23.4 Å². The van der Waals surface area contributed by atoms with Crippen LogP contribution in [0.1, 0.15) is 31.4 Å². The minimum atomic E-state index is -0.316. The molecule has 3 aromatic rings. The number of nitrogens with one attached hydrogen (secondary N) is 1. The lowest BCUT2D eigenvalue weighted by Gasteiger charge is -2.34. The average Bonchev–Trinajstić information content (AvgIpc) is 3.16. The Morgan fingerprint density at radius 1 is 1.10 bits per heavy atom. The summed E-state index contributed by atoms with van der Waals surface area (Å²) in [6.45, 7) is 2.11. The van der Waals surface area contributed by atoms with Crippen LogP contribution in [0.15, 0.2) is 71.0 Å². The highest BCUT2D eigenvalue weighted by Crippen LogP contribution is 2.42. The predicted octanol–water partition coefficient (Wildman–Crippen LogP) is 5.06. The van der Waals surface area contributed by atoms with Crippen LogP contribution in [0.3, 0.4) is 0 Å². The van der Waals surface area contributed by atoms with Crippen molar-refractivity contribution in [3.63, 3.8) is 0 Å². The van der Waals surface area contributed by atoms with Crippen molar-refractivity contribution in [2.24, 2.45) is 5.92 Å². The van der Waals surface area contributed by atoms with Crippen molar-refractivity contribution in [3.05, 3.63) is 71.4 Å². The Labute approximate surface area is 179 Å². The van der Waals surface area contributed by atoms with Gasteiger partial charge in [0.2, 0.25) is 11.1 Å². The fourth-order valence-electron chi connectivity index (χ4n) is 4.15. The second-order valence-corrected chi connectivity index (χ2v) is 8.48. The topological polar surface area (TPSA) is 69.0 Å². The molecule has 0 spiro atoms. The van der Waals surface area contributed by atoms with E-state index in [-0.39, 0.29) is 11.8 Å². The standard InChI is InChI=1S/C23H22N4O2S/c1-14-11-18-20(19(28)12-14)21(27-22(24-18)25-23(26-27)30-2)15-7-6-10-17(13-15)29-16-8-4-3-5-9-16/h3-10,13-14,21H,11-12H2,1-2H3,(H,24,25,26)/t14-,21+/m0/s1. The van der Waals surface area contributed by atoms with Gasteiger partial charge in [0, 0.05) is 17.7 Å². The lowest BCUT2D eigenvalue weighted by Crippen LogP contribution is -2.33. The number of thioether (sulfide) groups is 1. The molecule has 0 fully saturated rings. The van der Waals surface area contributed by atoms with E-state index in [2.05, 4.69) is 22.3 Å². The second-order valence-electron chi connectivity index (χ2n) is 7.71. The van der Waals surface area contributed by atoms with Gasteiger partial charge in [0.05, 0.1) is 0 Å². The van der Waals surface area contributed by atoms with Gasteiger partial charge >= 0.3 is 0 Å². The Hall–Kier alpha value is -3.06. The van der Waals surface area contributed by atoms with Crippen LogP contribution >= 0.6 is 11.8 Å². The van der Waals surface area contributed by atoms with E-state index in [4.69, 9.17) is 4.74 Å². The van der Waals surface area contributed by atoms with Crippen LogP contribution in [-0.4, -0.2) is 26.8 Å². The molecule has 1 aliphatic heterocycles. The van der Waals surface area contributed by atoms with Gasteiger partial charge in [0.15, 0.2) is 5.78 Å². The number of carbonyl (C=O) groups is 1. The molecule has 0 saturated heterocycles. The molecule has 0 unspecified atom stereocenters. The summed E-state index contributed by atoms with van der Waals surface area (Å²) in [4.78, 5) is 17.7. The lowest BCUT2D eigenvalue weighted by molar-refractivity contribution is -0.117. The van der Waals surface area contributed by atoms with E-state index in [0.717, 1.165) is 34.8 Å². The number of benzene rings is 2. The van der Waals surface area contributed by atoms with Crippen molar-refractivity contribution in [3.8, 4) is 11.5 Å². The summed E-state index contributed by atoms with van der Waals surface area (Å²) in [5.74, 6) is 2.66. The van der Waals surface area contributed by atoms with E-state index >= 15 is 0 Å². The van der Waals surface area contributed by atoms with Gasteiger partial charge in [-0.1, -0.05) is 49.0 Å². The highest BCUT2D eigenvalue weighted by Gasteiger charge is 2.38. The summed E-state index contributed by atoms with van der Waals surface area (Å²) in [5.41, 5.74) is 2.71. The maximum Gasteiger partial charge on any atom is 0.227 e. The molecule has 6 nitrogen and oxygen atoms in total. The number of allylic oxidation sites excluding steroid dienone is 2. The van der Waals surface area contributed by atoms with Crippen LogP contribution in [0.2, 0.25) is 0 Å². The Morgan fingerprint density at radius 3 is 2.70 bits per heavy atom. The second kappa shape index (κ2) is 7.65. The number of fused-ring (bicyclic) bond motifs is 1. The Morgan fingerprint density at radius 2 is 1.90 bits per heavy atom. The van der Waals surface area contributed by atoms with Crippen molar-refractivity contribution in [1.82, 2.24) is 14.8 Å². The molecular formula is C23H22N4O2S. The molecule has 2 aliphatic rings. The number of nitrogens with zero attached hydrogens (tertiary/aromatic N) is 3. The summed E-state index contributed by atoms with van der Waals surface area (Å²) in [5, 5.41) is 8.72. The molecule has 1 aromatic heterocycles. The normalized spacial score (nSPS) is 20.4. The van der Waals surface area contributed by atoms with Crippen LogP contribution in [0, 0.1) is 5.92 Å². The summed E-state index contributed by atoms with van der Waals surface area (Å²) < 4.78 is 7.87. The molecule has 7 heteroatoms. The van der Waals surface area contributed by atoms with E-state index < -0.39 is 0 Å². The fraction of sp³-hybridized carbons (Fsp3) is 0.261. The third-order valence-electron chi connectivity index (χ3n) is 5.44. The number of hydrogen-bond acceptors (Lipinski definition) is 6. The summed E-state index contributed by atoms with van der Waals surface area (Å²) in [6, 6.07) is 17.3. The van der Waals surface area contributed by atoms with Crippen molar-refractivity contribution in [2.75, 3.05) is 11.6 Å². The van der Waals surface area contributed by atoms with Gasteiger partial charge < -0.3 is 10.1 Å². The van der Waals surface area contributed by atoms with Crippen LogP contribution in [0.5, 0.6) is 11.5 Å². The number of para-hydroxylation sites is 1. The molecule has 0 radical (unpaired) electrons. The zero-order valence-corrected chi connectivity index (χ0v) is 17.6. The first kappa shape index (κ1) is 18.9. The fourth-order valence-corrected chi connectivity index (χ4v) is 4.50. The van der Waals surface area contributed by atoms with Crippen molar-refractivity contribution in [2.45, 2.75) is 31.0 Å². The monoisotopic (exact) mass is 418 g/mol. The number of ether oxygens (including phenoxy) is 1. The first-order valence-electron chi connectivity index (χ1n) is 9.99. The minimum Gasteiger partial charge on any atom is -0.457 e. The highest BCUT2D eigenvalue weighted by atomic mass is 32.2. The Balaban J connectivity index is 1.60. The molecule has 2 aromatic carbocycles. The van der Waals surface area contributed by atoms with E-state index in [1.54, 1.807) is 0 Å². The largest absolute Gasteiger partial charge is 0.457 e. The smallest absolute Gasteiger partial charge is 0.227 e. The van der Waals surface area contributed by atoms with Gasteiger partial charge in [-0.2, -0.15) is 4.98 Å². The molecule has 152 valence electrons. The van der Waals surface area contributed by atoms with Crippen molar-refractivity contribution < 1.29 is 9.53 Å². The van der Waals surface area contributed by atoms with E-state index in [1.807, 2.05) is 65.5 Å². The quantitative estimate of drug-likeness (QED) is 0.597. The van der Waals surface area contributed by atoms with Crippen molar-refractivity contribution >= 4 is 23.5 Å². The third kappa shape index (κ3) is 3.39. The molecule has 1 aliphatic carbocycles. The molecule has 2 heterocycles. The Bertz CT molecular complexity index is 1140. The number of rotatable bonds is 4. The molecule has 0 bridgehead atoms. The van der Waals surface area contributed by atoms with Gasteiger partial charge in [-0.05, 0) is 48.4 Å². The molecule has 2 atom stereocenters. The molecule has 0 saturated carbocycles. The van der Waals surface area contributed by atoms with Crippen LogP contribution in [-0.2, 0) is 4.79 Å². The lowest BCUT2D eigenvalue weighted by atomic mass is 9.81. The minimum absolute atomic E-state index is 0.169.